The molecule has 2 aromatic rings. The molecule has 0 radical (unpaired) electrons. The van der Waals surface area contributed by atoms with E-state index in [0.717, 1.165) is 10.7 Å². The van der Waals surface area contributed by atoms with Gasteiger partial charge in [-0.05, 0) is 19.1 Å². The summed E-state index contributed by atoms with van der Waals surface area (Å²) in [6.07, 6.45) is 2.89. The number of amides is 1. The Morgan fingerprint density at radius 1 is 1.68 bits per heavy atom. The molecule has 0 unspecified atom stereocenters. The van der Waals surface area contributed by atoms with Crippen LogP contribution in [-0.4, -0.2) is 10.9 Å². The number of nitrogens with one attached hydrogen (secondary N) is 1. The molecule has 19 heavy (non-hydrogen) atoms. The summed E-state index contributed by atoms with van der Waals surface area (Å²) in [5.74, 6) is 0.0311. The van der Waals surface area contributed by atoms with Gasteiger partial charge >= 0.3 is 0 Å². The highest BCUT2D eigenvalue weighted by Crippen LogP contribution is 2.10. The van der Waals surface area contributed by atoms with Gasteiger partial charge in [0.25, 0.3) is 5.91 Å². The molecule has 0 saturated heterocycles. The van der Waals surface area contributed by atoms with Gasteiger partial charge in [0, 0.05) is 17.2 Å². The molecule has 0 bridgehead atoms. The van der Waals surface area contributed by atoms with Gasteiger partial charge in [-0.2, -0.15) is 5.26 Å². The Balaban J connectivity index is 2.00. The summed E-state index contributed by atoms with van der Waals surface area (Å²) in [7, 11) is 0. The molecule has 0 spiro atoms. The Labute approximate surface area is 114 Å². The van der Waals surface area contributed by atoms with Crippen molar-refractivity contribution < 1.29 is 9.21 Å². The zero-order chi connectivity index (χ0) is 13.7. The number of carbonyl (C=O) groups is 1. The lowest BCUT2D eigenvalue weighted by Crippen LogP contribution is -2.23. The molecule has 0 saturated carbocycles. The van der Waals surface area contributed by atoms with Crippen LogP contribution in [0.2, 0.25) is 0 Å². The smallest absolute Gasteiger partial charge is 0.262 e. The van der Waals surface area contributed by atoms with Gasteiger partial charge in [-0.15, -0.1) is 11.3 Å². The van der Waals surface area contributed by atoms with Crippen LogP contribution in [0, 0.1) is 18.3 Å². The number of aromatic nitrogens is 1. The van der Waals surface area contributed by atoms with Crippen LogP contribution in [0.5, 0.6) is 0 Å². The molecule has 5 nitrogen and oxygen atoms in total. The van der Waals surface area contributed by atoms with Crippen molar-refractivity contribution in [2.45, 2.75) is 13.5 Å². The SMILES string of the molecule is Cc1csc(CNC(=O)C(C#N)=Cc2ccco2)n1. The maximum absolute atomic E-state index is 11.8. The Morgan fingerprint density at radius 3 is 3.11 bits per heavy atom. The van der Waals surface area contributed by atoms with E-state index in [0.29, 0.717) is 12.3 Å². The normalized spacial score (nSPS) is 11.1. The van der Waals surface area contributed by atoms with E-state index in [1.54, 1.807) is 12.1 Å². The first-order valence-corrected chi connectivity index (χ1v) is 6.41. The third-order valence-electron chi connectivity index (χ3n) is 2.26. The monoisotopic (exact) mass is 273 g/mol. The quantitative estimate of drug-likeness (QED) is 0.684. The molecular weight excluding hydrogens is 262 g/mol. The molecule has 96 valence electrons. The number of nitriles is 1. The van der Waals surface area contributed by atoms with E-state index >= 15 is 0 Å². The summed E-state index contributed by atoms with van der Waals surface area (Å²) >= 11 is 1.47. The lowest BCUT2D eigenvalue weighted by atomic mass is 10.2. The fraction of sp³-hybridized carbons (Fsp3) is 0.154. The Kier molecular flexibility index (Phi) is 4.11. The van der Waals surface area contributed by atoms with E-state index < -0.39 is 5.91 Å². The van der Waals surface area contributed by atoms with Crippen molar-refractivity contribution in [1.82, 2.24) is 10.3 Å². The third kappa shape index (κ3) is 3.53. The fourth-order valence-corrected chi connectivity index (χ4v) is 2.11. The average Bonchev–Trinajstić information content (AvgIpc) is 3.04. The molecule has 2 heterocycles. The number of thiazole rings is 1. The minimum Gasteiger partial charge on any atom is -0.465 e. The highest BCUT2D eigenvalue weighted by molar-refractivity contribution is 7.09. The van der Waals surface area contributed by atoms with Crippen LogP contribution >= 0.6 is 11.3 Å². The molecule has 1 amide bonds. The number of aryl methyl sites for hydroxylation is 1. The first-order chi connectivity index (χ1) is 9.19. The predicted molar refractivity (Wildman–Crippen MR) is 71.0 cm³/mol. The van der Waals surface area contributed by atoms with E-state index in [1.165, 1.54) is 23.7 Å². The zero-order valence-electron chi connectivity index (χ0n) is 10.2. The van der Waals surface area contributed by atoms with Gasteiger partial charge in [-0.1, -0.05) is 0 Å². The van der Waals surface area contributed by atoms with Gasteiger partial charge in [-0.3, -0.25) is 4.79 Å². The molecule has 6 heteroatoms. The Bertz CT molecular complexity index is 635. The largest absolute Gasteiger partial charge is 0.465 e. The highest BCUT2D eigenvalue weighted by atomic mass is 32.1. The minimum atomic E-state index is -0.438. The third-order valence-corrected chi connectivity index (χ3v) is 3.23. The topological polar surface area (TPSA) is 78.9 Å². The van der Waals surface area contributed by atoms with Gasteiger partial charge in [0.15, 0.2) is 0 Å². The summed E-state index contributed by atoms with van der Waals surface area (Å²) in [6.45, 7) is 2.20. The second-order valence-corrected chi connectivity index (χ2v) is 4.69. The number of nitrogens with zero attached hydrogens (tertiary/aromatic N) is 2. The number of hydrogen-bond acceptors (Lipinski definition) is 5. The second kappa shape index (κ2) is 5.98. The van der Waals surface area contributed by atoms with Crippen molar-refractivity contribution in [2.24, 2.45) is 0 Å². The maximum atomic E-state index is 11.8. The van der Waals surface area contributed by atoms with Gasteiger partial charge in [0.1, 0.15) is 22.4 Å². The minimum absolute atomic E-state index is 0.00299. The van der Waals surface area contributed by atoms with E-state index in [-0.39, 0.29) is 5.57 Å². The van der Waals surface area contributed by atoms with Gasteiger partial charge in [0.2, 0.25) is 0 Å². The number of hydrogen-bond donors (Lipinski definition) is 1. The summed E-state index contributed by atoms with van der Waals surface area (Å²) in [4.78, 5) is 16.0. The van der Waals surface area contributed by atoms with Crippen LogP contribution in [0.4, 0.5) is 0 Å². The first-order valence-electron chi connectivity index (χ1n) is 5.53. The second-order valence-electron chi connectivity index (χ2n) is 3.75. The summed E-state index contributed by atoms with van der Waals surface area (Å²) in [5.41, 5.74) is 0.920. The molecule has 0 aliphatic carbocycles. The van der Waals surface area contributed by atoms with Crippen molar-refractivity contribution >= 4 is 23.3 Å². The van der Waals surface area contributed by atoms with E-state index in [1.807, 2.05) is 18.4 Å². The number of furan rings is 1. The molecule has 1 N–H and O–H groups in total. The van der Waals surface area contributed by atoms with Crippen molar-refractivity contribution in [3.63, 3.8) is 0 Å². The van der Waals surface area contributed by atoms with Crippen LogP contribution in [0.1, 0.15) is 16.5 Å². The van der Waals surface area contributed by atoms with Gasteiger partial charge < -0.3 is 9.73 Å². The lowest BCUT2D eigenvalue weighted by molar-refractivity contribution is -0.117. The maximum Gasteiger partial charge on any atom is 0.262 e. The predicted octanol–water partition coefficient (Wildman–Crippen LogP) is 2.27. The Morgan fingerprint density at radius 2 is 2.53 bits per heavy atom. The number of carbonyl (C=O) groups excluding carboxylic acids is 1. The highest BCUT2D eigenvalue weighted by Gasteiger charge is 2.10. The molecule has 0 aliphatic rings. The molecule has 0 atom stereocenters. The number of rotatable bonds is 4. The molecule has 2 rings (SSSR count). The van der Waals surface area contributed by atoms with Gasteiger partial charge in [0.05, 0.1) is 12.8 Å². The van der Waals surface area contributed by atoms with Crippen LogP contribution < -0.4 is 5.32 Å². The average molecular weight is 273 g/mol. The molecule has 0 aromatic carbocycles. The summed E-state index contributed by atoms with van der Waals surface area (Å²) < 4.78 is 5.06. The van der Waals surface area contributed by atoms with Gasteiger partial charge in [-0.25, -0.2) is 4.98 Å². The molecule has 0 aliphatic heterocycles. The lowest BCUT2D eigenvalue weighted by Gasteiger charge is -2.00. The molecule has 2 aromatic heterocycles. The van der Waals surface area contributed by atoms with Crippen molar-refractivity contribution in [3.8, 4) is 6.07 Å². The van der Waals surface area contributed by atoms with Crippen LogP contribution in [-0.2, 0) is 11.3 Å². The van der Waals surface area contributed by atoms with E-state index in [2.05, 4.69) is 10.3 Å². The van der Waals surface area contributed by atoms with Crippen molar-refractivity contribution in [3.05, 3.63) is 45.8 Å². The van der Waals surface area contributed by atoms with Crippen LogP contribution in [0.25, 0.3) is 6.08 Å². The van der Waals surface area contributed by atoms with Crippen molar-refractivity contribution in [2.75, 3.05) is 0 Å². The van der Waals surface area contributed by atoms with Crippen LogP contribution in [0.3, 0.4) is 0 Å². The fourth-order valence-electron chi connectivity index (χ4n) is 1.40. The van der Waals surface area contributed by atoms with Crippen LogP contribution in [0.15, 0.2) is 33.8 Å². The zero-order valence-corrected chi connectivity index (χ0v) is 11.0. The first kappa shape index (κ1) is 13.1. The van der Waals surface area contributed by atoms with E-state index in [9.17, 15) is 4.79 Å². The molecular formula is C13H11N3O2S. The summed E-state index contributed by atoms with van der Waals surface area (Å²) in [6, 6.07) is 5.22. The Hall–Kier alpha value is -2.39. The molecule has 0 fully saturated rings. The van der Waals surface area contributed by atoms with Crippen molar-refractivity contribution in [1.29, 1.82) is 5.26 Å². The summed E-state index contributed by atoms with van der Waals surface area (Å²) in [5, 5.41) is 14.3. The standard InChI is InChI=1S/C13H11N3O2S/c1-9-8-19-12(16-9)7-15-13(17)10(6-14)5-11-3-2-4-18-11/h2-5,8H,7H2,1H3,(H,15,17). The van der Waals surface area contributed by atoms with E-state index in [4.69, 9.17) is 9.68 Å².